The van der Waals surface area contributed by atoms with Crippen LogP contribution < -0.4 is 11.1 Å². The van der Waals surface area contributed by atoms with Gasteiger partial charge in [-0.15, -0.1) is 0 Å². The van der Waals surface area contributed by atoms with Crippen molar-refractivity contribution in [3.05, 3.63) is 46.3 Å². The van der Waals surface area contributed by atoms with Gasteiger partial charge in [0, 0.05) is 12.4 Å². The van der Waals surface area contributed by atoms with Crippen LogP contribution in [0.15, 0.2) is 30.6 Å². The number of hydrogen-bond donors (Lipinski definition) is 2. The lowest BCUT2D eigenvalue weighted by Crippen LogP contribution is -2.07. The van der Waals surface area contributed by atoms with E-state index in [0.717, 1.165) is 12.1 Å². The van der Waals surface area contributed by atoms with Crippen LogP contribution in [0, 0.1) is 10.1 Å². The van der Waals surface area contributed by atoms with Crippen LogP contribution in [-0.4, -0.2) is 14.9 Å². The number of nitrogen functional groups attached to an aromatic ring is 1. The Labute approximate surface area is 115 Å². The molecule has 10 heteroatoms. The minimum atomic E-state index is -4.51. The summed E-state index contributed by atoms with van der Waals surface area (Å²) in [6, 6.07) is 3.08. The number of alkyl halides is 3. The highest BCUT2D eigenvalue weighted by atomic mass is 19.4. The quantitative estimate of drug-likeness (QED) is 0.666. The van der Waals surface area contributed by atoms with Crippen LogP contribution in [-0.2, 0) is 6.18 Å². The molecule has 110 valence electrons. The maximum atomic E-state index is 12.4. The summed E-state index contributed by atoms with van der Waals surface area (Å²) in [5, 5.41) is 13.4. The second kappa shape index (κ2) is 5.23. The van der Waals surface area contributed by atoms with E-state index < -0.39 is 22.4 Å². The van der Waals surface area contributed by atoms with E-state index in [-0.39, 0.29) is 17.3 Å². The van der Waals surface area contributed by atoms with E-state index in [4.69, 9.17) is 5.73 Å². The normalized spacial score (nSPS) is 11.2. The van der Waals surface area contributed by atoms with Crippen LogP contribution in [0.4, 0.5) is 36.2 Å². The number of hydrogen-bond acceptors (Lipinski definition) is 6. The number of nitro groups is 1. The topological polar surface area (TPSA) is 107 Å². The molecule has 0 radical (unpaired) electrons. The lowest BCUT2D eigenvalue weighted by molar-refractivity contribution is -0.383. The Bertz CT molecular complexity index is 673. The van der Waals surface area contributed by atoms with Crippen LogP contribution in [0.25, 0.3) is 0 Å². The van der Waals surface area contributed by atoms with Gasteiger partial charge in [0.25, 0.3) is 0 Å². The van der Waals surface area contributed by atoms with Crippen molar-refractivity contribution >= 4 is 23.0 Å². The Morgan fingerprint density at radius 1 is 1.24 bits per heavy atom. The van der Waals surface area contributed by atoms with Crippen LogP contribution in [0.2, 0.25) is 0 Å². The first-order valence-electron chi connectivity index (χ1n) is 5.48. The first-order chi connectivity index (χ1) is 9.79. The van der Waals surface area contributed by atoms with Gasteiger partial charge >= 0.3 is 11.9 Å². The minimum absolute atomic E-state index is 0.0239. The number of pyridine rings is 2. The summed E-state index contributed by atoms with van der Waals surface area (Å²) in [6.45, 7) is 0. The van der Waals surface area contributed by atoms with E-state index in [1.54, 1.807) is 0 Å². The van der Waals surface area contributed by atoms with Crippen molar-refractivity contribution in [2.45, 2.75) is 6.18 Å². The lowest BCUT2D eigenvalue weighted by atomic mass is 10.2. The average Bonchev–Trinajstić information content (AvgIpc) is 2.38. The van der Waals surface area contributed by atoms with Crippen molar-refractivity contribution in [3.8, 4) is 0 Å². The number of nitrogens with zero attached hydrogens (tertiary/aromatic N) is 3. The van der Waals surface area contributed by atoms with Gasteiger partial charge in [-0.1, -0.05) is 0 Å². The fraction of sp³-hybridized carbons (Fsp3) is 0.0909. The third-order valence-electron chi connectivity index (χ3n) is 2.48. The smallest absolute Gasteiger partial charge is 0.393 e. The Morgan fingerprint density at radius 3 is 2.48 bits per heavy atom. The van der Waals surface area contributed by atoms with E-state index in [1.165, 1.54) is 12.3 Å². The standard InChI is InChI=1S/C11H8F3N5O2/c12-11(13,14)6-1-2-8(17-5-6)18-10-9(19(20)21)7(15)3-4-16-10/h1-5H,(H3,15,16,17,18). The Kier molecular flexibility index (Phi) is 3.61. The highest BCUT2D eigenvalue weighted by molar-refractivity contribution is 5.73. The largest absolute Gasteiger partial charge is 0.417 e. The van der Waals surface area contributed by atoms with Gasteiger partial charge < -0.3 is 11.1 Å². The number of anilines is 3. The lowest BCUT2D eigenvalue weighted by Gasteiger charge is -2.08. The van der Waals surface area contributed by atoms with Crippen LogP contribution >= 0.6 is 0 Å². The van der Waals surface area contributed by atoms with Gasteiger partial charge in [-0.2, -0.15) is 13.2 Å². The number of nitrogens with one attached hydrogen (secondary N) is 1. The Hall–Kier alpha value is -2.91. The summed E-state index contributed by atoms with van der Waals surface area (Å²) < 4.78 is 37.2. The highest BCUT2D eigenvalue weighted by Crippen LogP contribution is 2.32. The molecule has 0 aromatic carbocycles. The number of aromatic nitrogens is 2. The molecule has 0 unspecified atom stereocenters. The summed E-state index contributed by atoms with van der Waals surface area (Å²) in [7, 11) is 0. The van der Waals surface area contributed by atoms with Crippen LogP contribution in [0.3, 0.4) is 0 Å². The molecule has 2 aromatic heterocycles. The monoisotopic (exact) mass is 299 g/mol. The molecule has 0 aliphatic rings. The van der Waals surface area contributed by atoms with E-state index >= 15 is 0 Å². The average molecular weight is 299 g/mol. The minimum Gasteiger partial charge on any atom is -0.393 e. The third-order valence-corrected chi connectivity index (χ3v) is 2.48. The number of halogens is 3. The Morgan fingerprint density at radius 2 is 1.95 bits per heavy atom. The third kappa shape index (κ3) is 3.16. The van der Waals surface area contributed by atoms with Crippen molar-refractivity contribution in [1.82, 2.24) is 9.97 Å². The summed E-state index contributed by atoms with van der Waals surface area (Å²) in [5.41, 5.74) is 3.94. The summed E-state index contributed by atoms with van der Waals surface area (Å²) in [6.07, 6.45) is -2.66. The molecule has 0 bridgehead atoms. The highest BCUT2D eigenvalue weighted by Gasteiger charge is 2.30. The molecule has 2 heterocycles. The molecular formula is C11H8F3N5O2. The predicted octanol–water partition coefficient (Wildman–Crippen LogP) is 2.73. The molecule has 0 aliphatic heterocycles. The molecule has 0 amide bonds. The number of nitrogens with two attached hydrogens (primary N) is 1. The van der Waals surface area contributed by atoms with E-state index in [1.807, 2.05) is 0 Å². The molecular weight excluding hydrogens is 291 g/mol. The second-order valence-corrected chi connectivity index (χ2v) is 3.91. The zero-order valence-electron chi connectivity index (χ0n) is 10.3. The fourth-order valence-corrected chi connectivity index (χ4v) is 1.51. The molecule has 2 aromatic rings. The first kappa shape index (κ1) is 14.5. The second-order valence-electron chi connectivity index (χ2n) is 3.91. The number of rotatable bonds is 3. The van der Waals surface area contributed by atoms with Gasteiger partial charge in [0.05, 0.1) is 10.5 Å². The van der Waals surface area contributed by atoms with Gasteiger partial charge in [-0.3, -0.25) is 10.1 Å². The maximum absolute atomic E-state index is 12.4. The fourth-order valence-electron chi connectivity index (χ4n) is 1.51. The van der Waals surface area contributed by atoms with E-state index in [9.17, 15) is 23.3 Å². The van der Waals surface area contributed by atoms with Crippen LogP contribution in [0.1, 0.15) is 5.56 Å². The molecule has 21 heavy (non-hydrogen) atoms. The molecule has 2 rings (SSSR count). The zero-order valence-corrected chi connectivity index (χ0v) is 10.3. The first-order valence-corrected chi connectivity index (χ1v) is 5.48. The maximum Gasteiger partial charge on any atom is 0.417 e. The summed E-state index contributed by atoms with van der Waals surface area (Å²) >= 11 is 0. The van der Waals surface area contributed by atoms with Gasteiger partial charge in [0.1, 0.15) is 11.5 Å². The predicted molar refractivity (Wildman–Crippen MR) is 67.8 cm³/mol. The van der Waals surface area contributed by atoms with Crippen molar-refractivity contribution in [2.24, 2.45) is 0 Å². The molecule has 0 spiro atoms. The summed E-state index contributed by atoms with van der Waals surface area (Å²) in [5.74, 6) is -0.226. The van der Waals surface area contributed by atoms with E-state index in [2.05, 4.69) is 15.3 Å². The van der Waals surface area contributed by atoms with E-state index in [0.29, 0.717) is 6.20 Å². The zero-order chi connectivity index (χ0) is 15.6. The molecule has 0 saturated heterocycles. The van der Waals surface area contributed by atoms with Gasteiger partial charge in [0.15, 0.2) is 0 Å². The van der Waals surface area contributed by atoms with Gasteiger partial charge in [0.2, 0.25) is 5.82 Å². The molecule has 0 saturated carbocycles. The molecule has 0 aliphatic carbocycles. The van der Waals surface area contributed by atoms with Crippen LogP contribution in [0.5, 0.6) is 0 Å². The van der Waals surface area contributed by atoms with Crippen molar-refractivity contribution in [1.29, 1.82) is 0 Å². The van der Waals surface area contributed by atoms with Gasteiger partial charge in [-0.25, -0.2) is 9.97 Å². The van der Waals surface area contributed by atoms with Gasteiger partial charge in [-0.05, 0) is 18.2 Å². The van der Waals surface area contributed by atoms with Crippen molar-refractivity contribution < 1.29 is 18.1 Å². The molecule has 7 nitrogen and oxygen atoms in total. The Balaban J connectivity index is 2.31. The van der Waals surface area contributed by atoms with Crippen molar-refractivity contribution in [2.75, 3.05) is 11.1 Å². The SMILES string of the molecule is Nc1ccnc(Nc2ccc(C(F)(F)F)cn2)c1[N+](=O)[O-]. The summed E-state index contributed by atoms with van der Waals surface area (Å²) in [4.78, 5) is 17.4. The molecule has 0 atom stereocenters. The van der Waals surface area contributed by atoms with Crippen molar-refractivity contribution in [3.63, 3.8) is 0 Å². The molecule has 0 fully saturated rings. The molecule has 3 N–H and O–H groups in total.